The molecule has 3 heteroatoms. The summed E-state index contributed by atoms with van der Waals surface area (Å²) in [5.74, 6) is 0. The predicted octanol–water partition coefficient (Wildman–Crippen LogP) is 4.12. The molecule has 0 aliphatic carbocycles. The maximum atomic E-state index is 6.13. The van der Waals surface area contributed by atoms with Gasteiger partial charge in [0.25, 0.3) is 0 Å². The Hall–Kier alpha value is -1.02. The van der Waals surface area contributed by atoms with E-state index in [9.17, 15) is 0 Å². The quantitative estimate of drug-likeness (QED) is 0.854. The van der Waals surface area contributed by atoms with E-state index in [1.54, 1.807) is 6.07 Å². The van der Waals surface area contributed by atoms with Gasteiger partial charge in [0.15, 0.2) is 0 Å². The zero-order valence-electron chi connectivity index (χ0n) is 8.58. The van der Waals surface area contributed by atoms with Crippen molar-refractivity contribution in [1.82, 2.24) is 0 Å². The third kappa shape index (κ3) is 2.38. The summed E-state index contributed by atoms with van der Waals surface area (Å²) in [6, 6.07) is 13.5. The largest absolute Gasteiger partial charge is 0.326 e. The monoisotopic (exact) mass is 251 g/mol. The smallest absolute Gasteiger partial charge is 0.0499 e. The van der Waals surface area contributed by atoms with Crippen LogP contribution in [0.5, 0.6) is 0 Å². The summed E-state index contributed by atoms with van der Waals surface area (Å²) >= 11 is 12.0. The molecular weight excluding hydrogens is 241 g/mol. The normalized spacial score (nSPS) is 10.4. The molecule has 0 saturated carbocycles. The van der Waals surface area contributed by atoms with Gasteiger partial charge in [0.2, 0.25) is 0 Å². The average Bonchev–Trinajstić information content (AvgIpc) is 2.29. The van der Waals surface area contributed by atoms with Crippen LogP contribution >= 0.6 is 23.2 Å². The molecule has 2 aromatic rings. The van der Waals surface area contributed by atoms with Gasteiger partial charge in [-0.25, -0.2) is 0 Å². The Balaban J connectivity index is 2.42. The van der Waals surface area contributed by atoms with Gasteiger partial charge in [-0.3, -0.25) is 0 Å². The van der Waals surface area contributed by atoms with Crippen molar-refractivity contribution in [3.63, 3.8) is 0 Å². The second kappa shape index (κ2) is 4.88. The minimum Gasteiger partial charge on any atom is -0.326 e. The summed E-state index contributed by atoms with van der Waals surface area (Å²) in [5, 5.41) is 1.31. The Morgan fingerprint density at radius 3 is 2.19 bits per heavy atom. The van der Waals surface area contributed by atoms with Gasteiger partial charge in [0.1, 0.15) is 0 Å². The lowest BCUT2D eigenvalue weighted by Crippen LogP contribution is -1.95. The molecule has 0 atom stereocenters. The SMILES string of the molecule is NCc1ccc(-c2ccc(Cl)cc2Cl)cc1. The van der Waals surface area contributed by atoms with E-state index in [0.29, 0.717) is 16.6 Å². The molecule has 82 valence electrons. The van der Waals surface area contributed by atoms with Gasteiger partial charge in [-0.05, 0) is 23.3 Å². The fraction of sp³-hybridized carbons (Fsp3) is 0.0769. The molecule has 0 aliphatic heterocycles. The summed E-state index contributed by atoms with van der Waals surface area (Å²) in [6.07, 6.45) is 0. The zero-order valence-corrected chi connectivity index (χ0v) is 10.1. The maximum absolute atomic E-state index is 6.13. The number of rotatable bonds is 2. The van der Waals surface area contributed by atoms with Crippen molar-refractivity contribution in [3.05, 3.63) is 58.1 Å². The molecule has 0 bridgehead atoms. The van der Waals surface area contributed by atoms with E-state index in [2.05, 4.69) is 0 Å². The van der Waals surface area contributed by atoms with Crippen LogP contribution < -0.4 is 5.73 Å². The number of hydrogen-bond acceptors (Lipinski definition) is 1. The molecule has 0 radical (unpaired) electrons. The molecule has 1 nitrogen and oxygen atoms in total. The van der Waals surface area contributed by atoms with E-state index >= 15 is 0 Å². The lowest BCUT2D eigenvalue weighted by atomic mass is 10.0. The zero-order chi connectivity index (χ0) is 11.5. The van der Waals surface area contributed by atoms with Crippen LogP contribution in [0.1, 0.15) is 5.56 Å². The molecular formula is C13H11Cl2N. The molecule has 0 aromatic heterocycles. The van der Waals surface area contributed by atoms with E-state index < -0.39 is 0 Å². The van der Waals surface area contributed by atoms with Crippen LogP contribution in [0.15, 0.2) is 42.5 Å². The minimum atomic E-state index is 0.550. The first-order valence-corrected chi connectivity index (χ1v) is 5.71. The van der Waals surface area contributed by atoms with Crippen LogP contribution in [0.4, 0.5) is 0 Å². The predicted molar refractivity (Wildman–Crippen MR) is 69.8 cm³/mol. The number of halogens is 2. The Kier molecular flexibility index (Phi) is 3.49. The fourth-order valence-corrected chi connectivity index (χ4v) is 2.06. The highest BCUT2D eigenvalue weighted by molar-refractivity contribution is 6.36. The van der Waals surface area contributed by atoms with E-state index in [-0.39, 0.29) is 0 Å². The summed E-state index contributed by atoms with van der Waals surface area (Å²) in [7, 11) is 0. The van der Waals surface area contributed by atoms with Gasteiger partial charge in [-0.2, -0.15) is 0 Å². The van der Waals surface area contributed by atoms with Gasteiger partial charge in [0, 0.05) is 22.2 Å². The van der Waals surface area contributed by atoms with Crippen molar-refractivity contribution in [2.45, 2.75) is 6.54 Å². The van der Waals surface area contributed by atoms with Gasteiger partial charge < -0.3 is 5.73 Å². The highest BCUT2D eigenvalue weighted by atomic mass is 35.5. The highest BCUT2D eigenvalue weighted by Gasteiger charge is 2.03. The molecule has 0 spiro atoms. The third-order valence-electron chi connectivity index (χ3n) is 2.43. The van der Waals surface area contributed by atoms with Crippen molar-refractivity contribution >= 4 is 23.2 Å². The molecule has 0 saturated heterocycles. The number of hydrogen-bond donors (Lipinski definition) is 1. The molecule has 0 heterocycles. The summed E-state index contributed by atoms with van der Waals surface area (Å²) in [6.45, 7) is 0.550. The van der Waals surface area contributed by atoms with Crippen LogP contribution in [0.2, 0.25) is 10.0 Å². The van der Waals surface area contributed by atoms with Crippen LogP contribution in [-0.2, 0) is 6.54 Å². The summed E-state index contributed by atoms with van der Waals surface area (Å²) in [5.41, 5.74) is 8.70. The van der Waals surface area contributed by atoms with E-state index in [1.807, 2.05) is 36.4 Å². The second-order valence-corrected chi connectivity index (χ2v) is 4.37. The summed E-state index contributed by atoms with van der Waals surface area (Å²) < 4.78 is 0. The van der Waals surface area contributed by atoms with Gasteiger partial charge >= 0.3 is 0 Å². The van der Waals surface area contributed by atoms with Crippen LogP contribution in [0, 0.1) is 0 Å². The second-order valence-electron chi connectivity index (χ2n) is 3.53. The van der Waals surface area contributed by atoms with E-state index in [0.717, 1.165) is 16.7 Å². The van der Waals surface area contributed by atoms with Crippen LogP contribution in [0.25, 0.3) is 11.1 Å². The first-order chi connectivity index (χ1) is 7.70. The standard InChI is InChI=1S/C13H11Cl2N/c14-11-5-6-12(13(15)7-11)10-3-1-9(8-16)2-4-10/h1-7H,8,16H2. The number of benzene rings is 2. The Labute approximate surface area is 105 Å². The Morgan fingerprint density at radius 2 is 1.62 bits per heavy atom. The van der Waals surface area contributed by atoms with Crippen LogP contribution in [0.3, 0.4) is 0 Å². The molecule has 0 unspecified atom stereocenters. The van der Waals surface area contributed by atoms with Crippen LogP contribution in [-0.4, -0.2) is 0 Å². The van der Waals surface area contributed by atoms with Gasteiger partial charge in [-0.15, -0.1) is 0 Å². The molecule has 0 aliphatic rings. The van der Waals surface area contributed by atoms with Crippen molar-refractivity contribution < 1.29 is 0 Å². The van der Waals surface area contributed by atoms with Crippen molar-refractivity contribution in [1.29, 1.82) is 0 Å². The maximum Gasteiger partial charge on any atom is 0.0499 e. The first kappa shape index (κ1) is 11.5. The van der Waals surface area contributed by atoms with Crippen molar-refractivity contribution in [2.24, 2.45) is 5.73 Å². The Bertz CT molecular complexity index is 492. The topological polar surface area (TPSA) is 26.0 Å². The Morgan fingerprint density at radius 1 is 0.938 bits per heavy atom. The van der Waals surface area contributed by atoms with Crippen molar-refractivity contribution in [3.8, 4) is 11.1 Å². The van der Waals surface area contributed by atoms with Gasteiger partial charge in [-0.1, -0.05) is 53.5 Å². The number of nitrogens with two attached hydrogens (primary N) is 1. The highest BCUT2D eigenvalue weighted by Crippen LogP contribution is 2.30. The van der Waals surface area contributed by atoms with E-state index in [1.165, 1.54) is 0 Å². The molecule has 0 fully saturated rings. The lowest BCUT2D eigenvalue weighted by Gasteiger charge is -2.05. The van der Waals surface area contributed by atoms with Gasteiger partial charge in [0.05, 0.1) is 0 Å². The van der Waals surface area contributed by atoms with Crippen molar-refractivity contribution in [2.75, 3.05) is 0 Å². The molecule has 2 N–H and O–H groups in total. The fourth-order valence-electron chi connectivity index (χ4n) is 1.54. The van der Waals surface area contributed by atoms with E-state index in [4.69, 9.17) is 28.9 Å². The average molecular weight is 252 g/mol. The minimum absolute atomic E-state index is 0.550. The lowest BCUT2D eigenvalue weighted by molar-refractivity contribution is 1.07. The molecule has 0 amide bonds. The third-order valence-corrected chi connectivity index (χ3v) is 2.98. The molecule has 2 rings (SSSR count). The first-order valence-electron chi connectivity index (χ1n) is 4.95. The molecule has 2 aromatic carbocycles. The summed E-state index contributed by atoms with van der Waals surface area (Å²) in [4.78, 5) is 0. The molecule has 16 heavy (non-hydrogen) atoms.